The lowest BCUT2D eigenvalue weighted by Gasteiger charge is -2.14. The summed E-state index contributed by atoms with van der Waals surface area (Å²) < 4.78 is 10.2. The number of hydrogen-bond acceptors (Lipinski definition) is 4. The van der Waals surface area contributed by atoms with Crippen molar-refractivity contribution in [1.29, 1.82) is 0 Å². The fourth-order valence-corrected chi connectivity index (χ4v) is 1.35. The molecule has 1 aromatic carbocycles. The summed E-state index contributed by atoms with van der Waals surface area (Å²) in [6, 6.07) is 7.67. The van der Waals surface area contributed by atoms with E-state index in [0.717, 1.165) is 0 Å². The molecule has 1 rings (SSSR count). The van der Waals surface area contributed by atoms with Crippen LogP contribution in [-0.4, -0.2) is 42.8 Å². The maximum absolute atomic E-state index is 11.6. The molecule has 0 bridgehead atoms. The zero-order valence-electron chi connectivity index (χ0n) is 11.0. The predicted octanol–water partition coefficient (Wildman–Crippen LogP) is 0.837. The van der Waals surface area contributed by atoms with E-state index in [4.69, 9.17) is 14.6 Å². The number of carbonyl (C=O) groups excluding carboxylic acids is 1. The second kappa shape index (κ2) is 8.71. The molecule has 1 amide bonds. The molecular weight excluding hydrogens is 262 g/mol. The van der Waals surface area contributed by atoms with E-state index in [-0.39, 0.29) is 19.8 Å². The van der Waals surface area contributed by atoms with Gasteiger partial charge in [-0.05, 0) is 12.1 Å². The lowest BCUT2D eigenvalue weighted by molar-refractivity contribution is -0.143. The first-order valence-corrected chi connectivity index (χ1v) is 6.02. The Hall–Kier alpha value is -2.34. The number of para-hydroxylation sites is 1. The summed E-state index contributed by atoms with van der Waals surface area (Å²) in [4.78, 5) is 22.5. The average Bonchev–Trinajstić information content (AvgIpc) is 2.45. The maximum atomic E-state index is 11.6. The van der Waals surface area contributed by atoms with Gasteiger partial charge < -0.3 is 19.9 Å². The molecule has 1 unspecified atom stereocenters. The molecule has 6 heteroatoms. The zero-order valence-corrected chi connectivity index (χ0v) is 11.0. The number of aliphatic carboxylic acids is 1. The highest BCUT2D eigenvalue weighted by molar-refractivity contribution is 5.84. The molecule has 0 aliphatic rings. The van der Waals surface area contributed by atoms with Crippen LogP contribution >= 0.6 is 0 Å². The maximum Gasteiger partial charge on any atom is 0.328 e. The van der Waals surface area contributed by atoms with Crippen LogP contribution in [0, 0.1) is 0 Å². The molecule has 0 aromatic heterocycles. The Balaban J connectivity index is 2.37. The largest absolute Gasteiger partial charge is 0.484 e. The number of benzene rings is 1. The van der Waals surface area contributed by atoms with Gasteiger partial charge in [-0.3, -0.25) is 4.79 Å². The number of amides is 1. The summed E-state index contributed by atoms with van der Waals surface area (Å²) >= 11 is 0. The van der Waals surface area contributed by atoms with Crippen LogP contribution in [0.3, 0.4) is 0 Å². The summed E-state index contributed by atoms with van der Waals surface area (Å²) in [5.74, 6) is -1.15. The topological polar surface area (TPSA) is 84.9 Å². The van der Waals surface area contributed by atoms with Gasteiger partial charge in [0.1, 0.15) is 5.75 Å². The monoisotopic (exact) mass is 279 g/mol. The van der Waals surface area contributed by atoms with Gasteiger partial charge in [-0.1, -0.05) is 24.3 Å². The Kier molecular flexibility index (Phi) is 6.84. The van der Waals surface area contributed by atoms with Crippen molar-refractivity contribution in [2.75, 3.05) is 19.8 Å². The van der Waals surface area contributed by atoms with Crippen molar-refractivity contribution in [3.8, 4) is 5.75 Å². The van der Waals surface area contributed by atoms with E-state index in [9.17, 15) is 9.59 Å². The zero-order chi connectivity index (χ0) is 14.8. The average molecular weight is 279 g/mol. The first-order chi connectivity index (χ1) is 9.63. The third-order valence-electron chi connectivity index (χ3n) is 2.27. The Labute approximate surface area is 117 Å². The molecule has 108 valence electrons. The Bertz CT molecular complexity index is 446. The van der Waals surface area contributed by atoms with Crippen molar-refractivity contribution in [2.24, 2.45) is 0 Å². The molecule has 0 saturated heterocycles. The highest BCUT2D eigenvalue weighted by atomic mass is 16.5. The van der Waals surface area contributed by atoms with Crippen LogP contribution < -0.4 is 10.1 Å². The van der Waals surface area contributed by atoms with Gasteiger partial charge in [0, 0.05) is 0 Å². The molecule has 20 heavy (non-hydrogen) atoms. The number of hydrogen-bond donors (Lipinski definition) is 2. The third-order valence-corrected chi connectivity index (χ3v) is 2.27. The first-order valence-electron chi connectivity index (χ1n) is 6.02. The van der Waals surface area contributed by atoms with Crippen LogP contribution in [0.15, 0.2) is 43.0 Å². The van der Waals surface area contributed by atoms with Crippen LogP contribution in [0.4, 0.5) is 0 Å². The van der Waals surface area contributed by atoms with E-state index in [0.29, 0.717) is 5.75 Å². The SMILES string of the molecule is C=CCOCC(NC(=O)COc1ccccc1)C(=O)O. The lowest BCUT2D eigenvalue weighted by atomic mass is 10.3. The number of carboxylic acid groups (broad SMARTS) is 1. The van der Waals surface area contributed by atoms with Gasteiger partial charge in [-0.2, -0.15) is 0 Å². The Morgan fingerprint density at radius 3 is 2.65 bits per heavy atom. The van der Waals surface area contributed by atoms with Crippen LogP contribution in [0.5, 0.6) is 5.75 Å². The minimum Gasteiger partial charge on any atom is -0.484 e. The third kappa shape index (κ3) is 6.01. The van der Waals surface area contributed by atoms with Crippen LogP contribution in [0.2, 0.25) is 0 Å². The summed E-state index contributed by atoms with van der Waals surface area (Å²) in [6.45, 7) is 3.29. The number of carbonyl (C=O) groups is 2. The predicted molar refractivity (Wildman–Crippen MR) is 72.5 cm³/mol. The van der Waals surface area contributed by atoms with Gasteiger partial charge in [0.15, 0.2) is 12.6 Å². The Morgan fingerprint density at radius 2 is 2.05 bits per heavy atom. The Morgan fingerprint density at radius 1 is 1.35 bits per heavy atom. The molecule has 0 spiro atoms. The second-order valence-corrected chi connectivity index (χ2v) is 3.89. The van der Waals surface area contributed by atoms with Crippen molar-refractivity contribution in [3.63, 3.8) is 0 Å². The molecule has 0 aliphatic carbocycles. The van der Waals surface area contributed by atoms with E-state index in [1.807, 2.05) is 6.07 Å². The smallest absolute Gasteiger partial charge is 0.328 e. The number of nitrogens with one attached hydrogen (secondary N) is 1. The van der Waals surface area contributed by atoms with E-state index < -0.39 is 17.9 Å². The quantitative estimate of drug-likeness (QED) is 0.517. The van der Waals surface area contributed by atoms with Crippen molar-refractivity contribution >= 4 is 11.9 Å². The van der Waals surface area contributed by atoms with Crippen LogP contribution in [-0.2, 0) is 14.3 Å². The molecule has 0 fully saturated rings. The summed E-state index contributed by atoms with van der Waals surface area (Å²) in [7, 11) is 0. The van der Waals surface area contributed by atoms with Gasteiger partial charge in [0.25, 0.3) is 5.91 Å². The molecule has 2 N–H and O–H groups in total. The van der Waals surface area contributed by atoms with Gasteiger partial charge in [0.2, 0.25) is 0 Å². The number of carboxylic acids is 1. The standard InChI is InChI=1S/C14H17NO5/c1-2-8-19-9-12(14(17)18)15-13(16)10-20-11-6-4-3-5-7-11/h2-7,12H,1,8-10H2,(H,15,16)(H,17,18). The molecule has 1 aromatic rings. The summed E-state index contributed by atoms with van der Waals surface area (Å²) in [5.41, 5.74) is 0. The highest BCUT2D eigenvalue weighted by Crippen LogP contribution is 2.07. The van der Waals surface area contributed by atoms with Crippen molar-refractivity contribution in [3.05, 3.63) is 43.0 Å². The fraction of sp³-hybridized carbons (Fsp3) is 0.286. The van der Waals surface area contributed by atoms with Gasteiger partial charge in [-0.25, -0.2) is 4.79 Å². The van der Waals surface area contributed by atoms with Crippen molar-refractivity contribution in [2.45, 2.75) is 6.04 Å². The van der Waals surface area contributed by atoms with E-state index in [1.54, 1.807) is 24.3 Å². The number of ether oxygens (including phenoxy) is 2. The molecular formula is C14H17NO5. The lowest BCUT2D eigenvalue weighted by Crippen LogP contribution is -2.45. The molecule has 0 radical (unpaired) electrons. The highest BCUT2D eigenvalue weighted by Gasteiger charge is 2.20. The van der Waals surface area contributed by atoms with Gasteiger partial charge in [-0.15, -0.1) is 6.58 Å². The van der Waals surface area contributed by atoms with E-state index in [1.165, 1.54) is 6.08 Å². The molecule has 0 heterocycles. The summed E-state index contributed by atoms with van der Waals surface area (Å²) in [5, 5.41) is 11.3. The normalized spacial score (nSPS) is 11.4. The molecule has 6 nitrogen and oxygen atoms in total. The minimum absolute atomic E-state index is 0.127. The first kappa shape index (κ1) is 15.7. The van der Waals surface area contributed by atoms with E-state index in [2.05, 4.69) is 11.9 Å². The van der Waals surface area contributed by atoms with Crippen molar-refractivity contribution < 1.29 is 24.2 Å². The van der Waals surface area contributed by atoms with Crippen LogP contribution in [0.1, 0.15) is 0 Å². The molecule has 0 saturated carbocycles. The fourth-order valence-electron chi connectivity index (χ4n) is 1.35. The second-order valence-electron chi connectivity index (χ2n) is 3.89. The molecule has 0 aliphatic heterocycles. The minimum atomic E-state index is -1.16. The van der Waals surface area contributed by atoms with E-state index >= 15 is 0 Å². The number of rotatable bonds is 9. The summed E-state index contributed by atoms with van der Waals surface area (Å²) in [6.07, 6.45) is 1.50. The van der Waals surface area contributed by atoms with Crippen LogP contribution in [0.25, 0.3) is 0 Å². The van der Waals surface area contributed by atoms with Gasteiger partial charge >= 0.3 is 5.97 Å². The van der Waals surface area contributed by atoms with Crippen molar-refractivity contribution in [1.82, 2.24) is 5.32 Å². The van der Waals surface area contributed by atoms with Gasteiger partial charge in [0.05, 0.1) is 13.2 Å². The molecule has 1 atom stereocenters.